The van der Waals surface area contributed by atoms with E-state index in [1.54, 1.807) is 24.4 Å². The van der Waals surface area contributed by atoms with Crippen LogP contribution in [0.25, 0.3) is 0 Å². The van der Waals surface area contributed by atoms with E-state index in [0.29, 0.717) is 17.2 Å². The number of hydrogen-bond donors (Lipinski definition) is 1. The topological polar surface area (TPSA) is 56.2 Å². The van der Waals surface area contributed by atoms with Gasteiger partial charge in [-0.15, -0.1) is 0 Å². The molecule has 1 fully saturated rings. The summed E-state index contributed by atoms with van der Waals surface area (Å²) in [5, 5.41) is 7.04. The van der Waals surface area contributed by atoms with Crippen LogP contribution in [0, 0.1) is 11.7 Å². The number of rotatable bonds is 5. The molecule has 1 aliphatic rings. The number of aromatic nitrogens is 2. The second kappa shape index (κ2) is 7.37. The zero-order chi connectivity index (χ0) is 16.1. The van der Waals surface area contributed by atoms with Crippen molar-refractivity contribution in [1.29, 1.82) is 0 Å². The zero-order valence-corrected chi connectivity index (χ0v) is 12.9. The highest BCUT2D eigenvalue weighted by Gasteiger charge is 2.15. The van der Waals surface area contributed by atoms with E-state index < -0.39 is 0 Å². The van der Waals surface area contributed by atoms with E-state index in [0.717, 1.165) is 32.6 Å². The van der Waals surface area contributed by atoms with Crippen LogP contribution in [0.2, 0.25) is 0 Å². The fraction of sp³-hybridized carbons (Fsp3) is 0.412. The van der Waals surface area contributed by atoms with Crippen molar-refractivity contribution in [2.24, 2.45) is 5.92 Å². The molecule has 2 aromatic rings. The Morgan fingerprint density at radius 3 is 2.91 bits per heavy atom. The lowest BCUT2D eigenvalue weighted by Crippen LogP contribution is -2.20. The van der Waals surface area contributed by atoms with Crippen LogP contribution in [0.15, 0.2) is 36.7 Å². The van der Waals surface area contributed by atoms with Crippen LogP contribution >= 0.6 is 0 Å². The van der Waals surface area contributed by atoms with Crippen LogP contribution in [0.3, 0.4) is 0 Å². The molecule has 1 N–H and O–H groups in total. The Morgan fingerprint density at radius 2 is 2.13 bits per heavy atom. The molecule has 1 aromatic carbocycles. The minimum atomic E-state index is -0.363. The van der Waals surface area contributed by atoms with E-state index in [1.165, 1.54) is 6.07 Å². The maximum Gasteiger partial charge on any atom is 0.228 e. The summed E-state index contributed by atoms with van der Waals surface area (Å²) in [5.41, 5.74) is 1.03. The number of carbonyl (C=O) groups is 1. The maximum atomic E-state index is 13.5. The van der Waals surface area contributed by atoms with Crippen molar-refractivity contribution in [1.82, 2.24) is 9.78 Å². The fourth-order valence-electron chi connectivity index (χ4n) is 2.74. The van der Waals surface area contributed by atoms with E-state index in [1.807, 2.05) is 10.9 Å². The molecule has 0 saturated carbocycles. The molecule has 0 aliphatic carbocycles. The number of benzene rings is 1. The van der Waals surface area contributed by atoms with Gasteiger partial charge in [0.15, 0.2) is 0 Å². The summed E-state index contributed by atoms with van der Waals surface area (Å²) in [6.07, 6.45) is 5.52. The molecule has 0 atom stereocenters. The van der Waals surface area contributed by atoms with Gasteiger partial charge >= 0.3 is 0 Å². The zero-order valence-electron chi connectivity index (χ0n) is 12.9. The van der Waals surface area contributed by atoms with Gasteiger partial charge in [-0.2, -0.15) is 5.10 Å². The fourth-order valence-corrected chi connectivity index (χ4v) is 2.74. The summed E-state index contributed by atoms with van der Waals surface area (Å²) < 4.78 is 20.7. The van der Waals surface area contributed by atoms with E-state index >= 15 is 0 Å². The van der Waals surface area contributed by atoms with Crippen molar-refractivity contribution in [3.63, 3.8) is 0 Å². The molecule has 0 spiro atoms. The monoisotopic (exact) mass is 317 g/mol. The maximum absolute atomic E-state index is 13.5. The first-order valence-corrected chi connectivity index (χ1v) is 7.84. The van der Waals surface area contributed by atoms with Crippen molar-refractivity contribution < 1.29 is 13.9 Å². The van der Waals surface area contributed by atoms with Gasteiger partial charge in [0, 0.05) is 26.0 Å². The Balaban J connectivity index is 1.54. The van der Waals surface area contributed by atoms with E-state index in [2.05, 4.69) is 10.4 Å². The Kier molecular flexibility index (Phi) is 5.02. The van der Waals surface area contributed by atoms with Gasteiger partial charge in [0.1, 0.15) is 5.82 Å². The van der Waals surface area contributed by atoms with Gasteiger partial charge < -0.3 is 10.1 Å². The average Bonchev–Trinajstić information content (AvgIpc) is 2.97. The number of ether oxygens (including phenoxy) is 1. The molecule has 6 heteroatoms. The van der Waals surface area contributed by atoms with Gasteiger partial charge in [-0.1, -0.05) is 18.2 Å². The molecule has 0 unspecified atom stereocenters. The second-order valence-electron chi connectivity index (χ2n) is 5.82. The SMILES string of the molecule is O=C(Cc1ccccc1F)Nc1cnn(CC2CCOCC2)c1. The summed E-state index contributed by atoms with van der Waals surface area (Å²) >= 11 is 0. The first kappa shape index (κ1) is 15.7. The molecule has 5 nitrogen and oxygen atoms in total. The molecule has 0 radical (unpaired) electrons. The number of nitrogens with one attached hydrogen (secondary N) is 1. The van der Waals surface area contributed by atoms with Crippen LogP contribution in [-0.2, 0) is 22.5 Å². The molecular formula is C17H20FN3O2. The van der Waals surface area contributed by atoms with Crippen molar-refractivity contribution in [2.45, 2.75) is 25.8 Å². The predicted molar refractivity (Wildman–Crippen MR) is 84.5 cm³/mol. The molecule has 1 aliphatic heterocycles. The summed E-state index contributed by atoms with van der Waals surface area (Å²) in [7, 11) is 0. The number of amides is 1. The minimum Gasteiger partial charge on any atom is -0.381 e. The lowest BCUT2D eigenvalue weighted by Gasteiger charge is -2.21. The average molecular weight is 317 g/mol. The normalized spacial score (nSPS) is 15.5. The van der Waals surface area contributed by atoms with Crippen molar-refractivity contribution >= 4 is 11.6 Å². The van der Waals surface area contributed by atoms with Crippen LogP contribution in [0.4, 0.5) is 10.1 Å². The number of hydrogen-bond acceptors (Lipinski definition) is 3. The molecule has 122 valence electrons. The molecule has 23 heavy (non-hydrogen) atoms. The third kappa shape index (κ3) is 4.39. The molecule has 1 saturated heterocycles. The first-order chi connectivity index (χ1) is 11.2. The van der Waals surface area contributed by atoms with Crippen molar-refractivity contribution in [3.8, 4) is 0 Å². The van der Waals surface area contributed by atoms with E-state index in [9.17, 15) is 9.18 Å². The molecule has 3 rings (SSSR count). The van der Waals surface area contributed by atoms with Gasteiger partial charge in [0.2, 0.25) is 5.91 Å². The van der Waals surface area contributed by atoms with Crippen LogP contribution < -0.4 is 5.32 Å². The van der Waals surface area contributed by atoms with Crippen molar-refractivity contribution in [2.75, 3.05) is 18.5 Å². The number of halogens is 1. The van der Waals surface area contributed by atoms with Gasteiger partial charge in [-0.3, -0.25) is 9.48 Å². The summed E-state index contributed by atoms with van der Waals surface area (Å²) in [4.78, 5) is 12.0. The van der Waals surface area contributed by atoms with Crippen molar-refractivity contribution in [3.05, 3.63) is 48.0 Å². The van der Waals surface area contributed by atoms with Crippen LogP contribution in [0.5, 0.6) is 0 Å². The van der Waals surface area contributed by atoms with E-state index in [4.69, 9.17) is 4.74 Å². The third-order valence-corrected chi connectivity index (χ3v) is 4.01. The Labute approximate surface area is 134 Å². The van der Waals surface area contributed by atoms with Gasteiger partial charge in [-0.05, 0) is 30.4 Å². The summed E-state index contributed by atoms with van der Waals surface area (Å²) in [6, 6.07) is 6.30. The minimum absolute atomic E-state index is 0.0117. The Bertz CT molecular complexity index is 665. The number of nitrogens with zero attached hydrogens (tertiary/aromatic N) is 2. The van der Waals surface area contributed by atoms with Gasteiger partial charge in [-0.25, -0.2) is 4.39 Å². The molecule has 2 heterocycles. The van der Waals surface area contributed by atoms with E-state index in [-0.39, 0.29) is 18.1 Å². The summed E-state index contributed by atoms with van der Waals surface area (Å²) in [6.45, 7) is 2.43. The quantitative estimate of drug-likeness (QED) is 0.922. The lowest BCUT2D eigenvalue weighted by atomic mass is 10.0. The highest BCUT2D eigenvalue weighted by atomic mass is 19.1. The van der Waals surface area contributed by atoms with Gasteiger partial charge in [0.05, 0.1) is 18.3 Å². The predicted octanol–water partition coefficient (Wildman–Crippen LogP) is 2.63. The molecular weight excluding hydrogens is 297 g/mol. The molecule has 0 bridgehead atoms. The lowest BCUT2D eigenvalue weighted by molar-refractivity contribution is -0.115. The smallest absolute Gasteiger partial charge is 0.228 e. The largest absolute Gasteiger partial charge is 0.381 e. The molecule has 1 aromatic heterocycles. The molecule has 1 amide bonds. The third-order valence-electron chi connectivity index (χ3n) is 4.01. The number of carbonyl (C=O) groups excluding carboxylic acids is 1. The number of anilines is 1. The Hall–Kier alpha value is -2.21. The Morgan fingerprint density at radius 1 is 1.35 bits per heavy atom. The van der Waals surface area contributed by atoms with Crippen LogP contribution in [-0.4, -0.2) is 28.9 Å². The van der Waals surface area contributed by atoms with Gasteiger partial charge in [0.25, 0.3) is 0 Å². The highest BCUT2D eigenvalue weighted by Crippen LogP contribution is 2.17. The first-order valence-electron chi connectivity index (χ1n) is 7.84. The van der Waals surface area contributed by atoms with Crippen LogP contribution in [0.1, 0.15) is 18.4 Å². The highest BCUT2D eigenvalue weighted by molar-refractivity contribution is 5.92. The second-order valence-corrected chi connectivity index (χ2v) is 5.82. The standard InChI is InChI=1S/C17H20FN3O2/c18-16-4-2-1-3-14(16)9-17(22)20-15-10-19-21(12-15)11-13-5-7-23-8-6-13/h1-4,10,12-13H,5-9,11H2,(H,20,22). The summed E-state index contributed by atoms with van der Waals surface area (Å²) in [5.74, 6) is -0.0517.